The van der Waals surface area contributed by atoms with Crippen LogP contribution >= 0.6 is 0 Å². The highest BCUT2D eigenvalue weighted by molar-refractivity contribution is 4.98. The van der Waals surface area contributed by atoms with E-state index in [1.165, 1.54) is 0 Å². The first kappa shape index (κ1) is 15.8. The Morgan fingerprint density at radius 2 is 1.83 bits per heavy atom. The van der Waals surface area contributed by atoms with Crippen LogP contribution in [0.1, 0.15) is 47.0 Å². The zero-order chi connectivity index (χ0) is 14.0. The van der Waals surface area contributed by atoms with Gasteiger partial charge >= 0.3 is 6.18 Å². The van der Waals surface area contributed by atoms with Gasteiger partial charge < -0.3 is 5.32 Å². The summed E-state index contributed by atoms with van der Waals surface area (Å²) >= 11 is 0. The Labute approximate surface area is 108 Å². The van der Waals surface area contributed by atoms with E-state index < -0.39 is 12.6 Å². The summed E-state index contributed by atoms with van der Waals surface area (Å²) in [6.07, 6.45) is -3.55. The second-order valence-electron chi connectivity index (χ2n) is 6.22. The normalized spacial score (nSPS) is 29.5. The van der Waals surface area contributed by atoms with Gasteiger partial charge in [0.15, 0.2) is 0 Å². The van der Waals surface area contributed by atoms with Gasteiger partial charge in [-0.15, -0.1) is 0 Å². The number of hydrogen-bond donors (Lipinski definition) is 1. The second kappa shape index (κ2) is 5.37. The lowest BCUT2D eigenvalue weighted by Crippen LogP contribution is -2.67. The van der Waals surface area contributed by atoms with Crippen molar-refractivity contribution < 1.29 is 13.2 Å². The fraction of sp³-hybridized carbons (Fsp3) is 1.00. The molecule has 1 fully saturated rings. The smallest absolute Gasteiger partial charge is 0.308 e. The molecule has 1 heterocycles. The van der Waals surface area contributed by atoms with Gasteiger partial charge in [0.05, 0.1) is 0 Å². The fourth-order valence-electron chi connectivity index (χ4n) is 2.32. The highest BCUT2D eigenvalue weighted by atomic mass is 19.4. The molecule has 1 atom stereocenters. The molecular weight excluding hydrogens is 241 g/mol. The molecule has 18 heavy (non-hydrogen) atoms. The van der Waals surface area contributed by atoms with Crippen molar-refractivity contribution in [3.63, 3.8) is 0 Å². The largest absolute Gasteiger partial charge is 0.389 e. The lowest BCUT2D eigenvalue weighted by molar-refractivity contribution is -0.137. The average Bonchev–Trinajstić information content (AvgIpc) is 2.22. The molecule has 0 bridgehead atoms. The van der Waals surface area contributed by atoms with Crippen LogP contribution in [-0.2, 0) is 0 Å². The molecule has 1 rings (SSSR count). The van der Waals surface area contributed by atoms with Gasteiger partial charge in [-0.1, -0.05) is 6.92 Å². The topological polar surface area (TPSA) is 15.3 Å². The molecule has 1 unspecified atom stereocenters. The first-order valence-corrected chi connectivity index (χ1v) is 6.65. The van der Waals surface area contributed by atoms with Gasteiger partial charge in [-0.2, -0.15) is 13.2 Å². The van der Waals surface area contributed by atoms with E-state index in [4.69, 9.17) is 0 Å². The minimum atomic E-state index is -4.04. The van der Waals surface area contributed by atoms with Gasteiger partial charge in [0, 0.05) is 30.6 Å². The van der Waals surface area contributed by atoms with Crippen LogP contribution in [0.5, 0.6) is 0 Å². The number of nitrogens with zero attached hydrogens (tertiary/aromatic N) is 1. The molecule has 0 radical (unpaired) electrons. The molecule has 0 aromatic carbocycles. The van der Waals surface area contributed by atoms with Crippen LogP contribution in [0, 0.1) is 0 Å². The van der Waals surface area contributed by atoms with Gasteiger partial charge in [-0.25, -0.2) is 0 Å². The SMILES string of the molecule is CCC1(C)CN(CCCC(F)(F)F)C(C)(C)CN1. The molecular formula is C13H25F3N2. The van der Waals surface area contributed by atoms with Crippen LogP contribution in [0.3, 0.4) is 0 Å². The summed E-state index contributed by atoms with van der Waals surface area (Å²) < 4.78 is 36.6. The molecule has 0 aliphatic carbocycles. The number of alkyl halides is 3. The molecule has 0 aromatic rings. The third-order valence-electron chi connectivity index (χ3n) is 4.01. The van der Waals surface area contributed by atoms with Crippen molar-refractivity contribution in [3.8, 4) is 0 Å². The Bertz CT molecular complexity index is 276. The summed E-state index contributed by atoms with van der Waals surface area (Å²) in [6, 6.07) is 0. The van der Waals surface area contributed by atoms with E-state index >= 15 is 0 Å². The molecule has 1 saturated heterocycles. The van der Waals surface area contributed by atoms with Crippen molar-refractivity contribution in [2.45, 2.75) is 64.2 Å². The molecule has 108 valence electrons. The van der Waals surface area contributed by atoms with Gasteiger partial charge in [0.1, 0.15) is 0 Å². The molecule has 1 N–H and O–H groups in total. The van der Waals surface area contributed by atoms with Gasteiger partial charge in [-0.3, -0.25) is 4.90 Å². The minimum absolute atomic E-state index is 0.0216. The molecule has 0 amide bonds. The van der Waals surface area contributed by atoms with E-state index in [2.05, 4.69) is 37.9 Å². The molecule has 2 nitrogen and oxygen atoms in total. The van der Waals surface area contributed by atoms with Gasteiger partial charge in [0.2, 0.25) is 0 Å². The summed E-state index contributed by atoms with van der Waals surface area (Å²) in [6.45, 7) is 10.6. The van der Waals surface area contributed by atoms with Crippen molar-refractivity contribution in [1.29, 1.82) is 0 Å². The summed E-state index contributed by atoms with van der Waals surface area (Å²) in [5.74, 6) is 0. The van der Waals surface area contributed by atoms with Crippen LogP contribution in [0.4, 0.5) is 13.2 Å². The number of piperazine rings is 1. The standard InChI is InChI=1S/C13H25F3N2/c1-5-12(4)10-18(11(2,3)9-17-12)8-6-7-13(14,15)16/h17H,5-10H2,1-4H3. The Morgan fingerprint density at radius 3 is 2.33 bits per heavy atom. The van der Waals surface area contributed by atoms with Crippen molar-refractivity contribution in [3.05, 3.63) is 0 Å². The molecule has 1 aliphatic rings. The molecule has 0 aromatic heterocycles. The van der Waals surface area contributed by atoms with Crippen LogP contribution in [0.2, 0.25) is 0 Å². The lowest BCUT2D eigenvalue weighted by atomic mass is 9.88. The maximum absolute atomic E-state index is 12.2. The molecule has 5 heteroatoms. The first-order chi connectivity index (χ1) is 8.08. The van der Waals surface area contributed by atoms with E-state index in [9.17, 15) is 13.2 Å². The van der Waals surface area contributed by atoms with Gasteiger partial charge in [0.25, 0.3) is 0 Å². The maximum atomic E-state index is 12.2. The number of rotatable bonds is 4. The fourth-order valence-corrected chi connectivity index (χ4v) is 2.32. The van der Waals surface area contributed by atoms with Crippen LogP contribution in [0.15, 0.2) is 0 Å². The predicted octanol–water partition coefficient (Wildman–Crippen LogP) is 3.18. The highest BCUT2D eigenvalue weighted by Gasteiger charge is 2.39. The van der Waals surface area contributed by atoms with E-state index in [1.54, 1.807) is 0 Å². The number of nitrogens with one attached hydrogen (secondary N) is 1. The Morgan fingerprint density at radius 1 is 1.22 bits per heavy atom. The Kier molecular flexibility index (Phi) is 4.70. The van der Waals surface area contributed by atoms with Crippen LogP contribution in [0.25, 0.3) is 0 Å². The maximum Gasteiger partial charge on any atom is 0.389 e. The summed E-state index contributed by atoms with van der Waals surface area (Å²) in [5, 5.41) is 3.51. The van der Waals surface area contributed by atoms with E-state index in [1.807, 2.05) is 0 Å². The number of hydrogen-bond acceptors (Lipinski definition) is 2. The Hall–Kier alpha value is -0.290. The van der Waals surface area contributed by atoms with Crippen molar-refractivity contribution in [2.24, 2.45) is 0 Å². The number of halogens is 3. The summed E-state index contributed by atoms with van der Waals surface area (Å²) in [7, 11) is 0. The van der Waals surface area contributed by atoms with E-state index in [0.717, 1.165) is 19.5 Å². The quantitative estimate of drug-likeness (QED) is 0.840. The second-order valence-corrected chi connectivity index (χ2v) is 6.22. The predicted molar refractivity (Wildman–Crippen MR) is 67.6 cm³/mol. The zero-order valence-electron chi connectivity index (χ0n) is 11.8. The third kappa shape index (κ3) is 4.43. The lowest BCUT2D eigenvalue weighted by Gasteiger charge is -2.51. The summed E-state index contributed by atoms with van der Waals surface area (Å²) in [4.78, 5) is 2.19. The minimum Gasteiger partial charge on any atom is -0.308 e. The van der Waals surface area contributed by atoms with Crippen LogP contribution < -0.4 is 5.32 Å². The monoisotopic (exact) mass is 266 g/mol. The van der Waals surface area contributed by atoms with E-state index in [0.29, 0.717) is 6.54 Å². The molecule has 0 spiro atoms. The zero-order valence-corrected chi connectivity index (χ0v) is 11.8. The van der Waals surface area contributed by atoms with Crippen molar-refractivity contribution in [2.75, 3.05) is 19.6 Å². The first-order valence-electron chi connectivity index (χ1n) is 6.65. The molecule has 0 saturated carbocycles. The third-order valence-corrected chi connectivity index (χ3v) is 4.01. The average molecular weight is 266 g/mol. The molecule has 1 aliphatic heterocycles. The van der Waals surface area contributed by atoms with E-state index in [-0.39, 0.29) is 17.5 Å². The Balaban J connectivity index is 2.54. The van der Waals surface area contributed by atoms with Crippen molar-refractivity contribution in [1.82, 2.24) is 10.2 Å². The van der Waals surface area contributed by atoms with Crippen LogP contribution in [-0.4, -0.2) is 41.8 Å². The van der Waals surface area contributed by atoms with Gasteiger partial charge in [-0.05, 0) is 40.2 Å². The highest BCUT2D eigenvalue weighted by Crippen LogP contribution is 2.27. The summed E-state index contributed by atoms with van der Waals surface area (Å²) in [5.41, 5.74) is -0.0476. The van der Waals surface area contributed by atoms with Crippen molar-refractivity contribution >= 4 is 0 Å².